The lowest BCUT2D eigenvalue weighted by Gasteiger charge is -2.32. The standard InChI is InChI=1S/C22H18N2O2S/c1-22(21(26)24-18-13-7-8-14-19(18)27-22)20(25)23-17-12-6-5-11-16(17)15-9-3-2-4-10-15/h2-14H,1H3,(H,23,25)(H,24,26). The van der Waals surface area contributed by atoms with Crippen LogP contribution in [0.3, 0.4) is 0 Å². The van der Waals surface area contributed by atoms with Crippen LogP contribution in [0.1, 0.15) is 6.92 Å². The van der Waals surface area contributed by atoms with E-state index in [-0.39, 0.29) is 11.8 Å². The Labute approximate surface area is 162 Å². The van der Waals surface area contributed by atoms with Crippen LogP contribution in [-0.4, -0.2) is 16.6 Å². The van der Waals surface area contributed by atoms with Crippen molar-refractivity contribution < 1.29 is 9.59 Å². The monoisotopic (exact) mass is 374 g/mol. The molecule has 0 radical (unpaired) electrons. The molecule has 0 bridgehead atoms. The molecule has 3 aromatic rings. The lowest BCUT2D eigenvalue weighted by molar-refractivity contribution is -0.126. The van der Waals surface area contributed by atoms with E-state index in [0.29, 0.717) is 5.69 Å². The number of carbonyl (C=O) groups excluding carboxylic acids is 2. The van der Waals surface area contributed by atoms with E-state index in [2.05, 4.69) is 10.6 Å². The van der Waals surface area contributed by atoms with E-state index >= 15 is 0 Å². The highest BCUT2D eigenvalue weighted by Gasteiger charge is 2.45. The first kappa shape index (κ1) is 17.4. The molecule has 1 atom stereocenters. The smallest absolute Gasteiger partial charge is 0.250 e. The van der Waals surface area contributed by atoms with Crippen molar-refractivity contribution in [1.29, 1.82) is 0 Å². The first-order valence-electron chi connectivity index (χ1n) is 8.63. The fraction of sp³-hybridized carbons (Fsp3) is 0.0909. The third kappa shape index (κ3) is 3.22. The minimum Gasteiger partial charge on any atom is -0.324 e. The summed E-state index contributed by atoms with van der Waals surface area (Å²) in [5.74, 6) is -0.663. The van der Waals surface area contributed by atoms with Crippen LogP contribution >= 0.6 is 11.8 Å². The third-order valence-corrected chi connectivity index (χ3v) is 5.93. The van der Waals surface area contributed by atoms with Crippen LogP contribution in [0, 0.1) is 0 Å². The SMILES string of the molecule is CC1(C(=O)Nc2ccccc2-c2ccccc2)Sc2ccccc2NC1=O. The highest BCUT2D eigenvalue weighted by molar-refractivity contribution is 8.02. The van der Waals surface area contributed by atoms with Crippen LogP contribution in [0.25, 0.3) is 11.1 Å². The maximum atomic E-state index is 13.1. The minimum atomic E-state index is -1.25. The van der Waals surface area contributed by atoms with Gasteiger partial charge in [-0.15, -0.1) is 0 Å². The molecule has 5 heteroatoms. The maximum Gasteiger partial charge on any atom is 0.250 e. The quantitative estimate of drug-likeness (QED) is 0.648. The summed E-state index contributed by atoms with van der Waals surface area (Å²) in [6.45, 7) is 1.66. The molecule has 0 aromatic heterocycles. The fourth-order valence-corrected chi connectivity index (χ4v) is 4.12. The third-order valence-electron chi connectivity index (χ3n) is 4.58. The molecule has 0 saturated heterocycles. The number of fused-ring (bicyclic) bond motifs is 1. The lowest BCUT2D eigenvalue weighted by Crippen LogP contribution is -2.49. The second kappa shape index (κ2) is 6.93. The Morgan fingerprint density at radius 3 is 2.41 bits per heavy atom. The van der Waals surface area contributed by atoms with Crippen LogP contribution in [0.15, 0.2) is 83.8 Å². The molecule has 0 fully saturated rings. The van der Waals surface area contributed by atoms with E-state index in [9.17, 15) is 9.59 Å². The van der Waals surface area contributed by atoms with E-state index in [1.807, 2.05) is 78.9 Å². The predicted octanol–water partition coefficient (Wildman–Crippen LogP) is 4.80. The molecule has 4 rings (SSSR count). The summed E-state index contributed by atoms with van der Waals surface area (Å²) in [5, 5.41) is 5.80. The van der Waals surface area contributed by atoms with Gasteiger partial charge in [-0.05, 0) is 30.7 Å². The number of nitrogens with one attached hydrogen (secondary N) is 2. The summed E-state index contributed by atoms with van der Waals surface area (Å²) in [7, 11) is 0. The molecule has 3 aromatic carbocycles. The highest BCUT2D eigenvalue weighted by atomic mass is 32.2. The molecule has 4 nitrogen and oxygen atoms in total. The van der Waals surface area contributed by atoms with Gasteiger partial charge in [0.1, 0.15) is 0 Å². The second-order valence-electron chi connectivity index (χ2n) is 6.45. The number of rotatable bonds is 3. The Hall–Kier alpha value is -3.05. The summed E-state index contributed by atoms with van der Waals surface area (Å²) >= 11 is 1.27. The van der Waals surface area contributed by atoms with Crippen molar-refractivity contribution in [3.8, 4) is 11.1 Å². The molecule has 1 aliphatic rings. The van der Waals surface area contributed by atoms with Crippen LogP contribution in [0.5, 0.6) is 0 Å². The first-order valence-corrected chi connectivity index (χ1v) is 9.45. The van der Waals surface area contributed by atoms with Crippen LogP contribution in [-0.2, 0) is 9.59 Å². The number of amides is 2. The van der Waals surface area contributed by atoms with Crippen molar-refractivity contribution >= 4 is 35.0 Å². The van der Waals surface area contributed by atoms with E-state index in [1.54, 1.807) is 6.92 Å². The van der Waals surface area contributed by atoms with Crippen molar-refractivity contribution in [1.82, 2.24) is 0 Å². The number of anilines is 2. The van der Waals surface area contributed by atoms with Gasteiger partial charge in [-0.1, -0.05) is 72.4 Å². The first-order chi connectivity index (χ1) is 13.1. The van der Waals surface area contributed by atoms with Gasteiger partial charge >= 0.3 is 0 Å². The zero-order valence-electron chi connectivity index (χ0n) is 14.7. The van der Waals surface area contributed by atoms with Crippen molar-refractivity contribution in [2.45, 2.75) is 16.6 Å². The van der Waals surface area contributed by atoms with Crippen LogP contribution in [0.4, 0.5) is 11.4 Å². The van der Waals surface area contributed by atoms with E-state index in [1.165, 1.54) is 11.8 Å². The van der Waals surface area contributed by atoms with Gasteiger partial charge in [0.05, 0.1) is 5.69 Å². The summed E-state index contributed by atoms with van der Waals surface area (Å²) < 4.78 is -1.25. The van der Waals surface area contributed by atoms with Crippen LogP contribution in [0.2, 0.25) is 0 Å². The Balaban J connectivity index is 1.65. The number of hydrogen-bond donors (Lipinski definition) is 2. The average Bonchev–Trinajstić information content (AvgIpc) is 2.70. The van der Waals surface area contributed by atoms with Gasteiger partial charge < -0.3 is 10.6 Å². The molecule has 0 spiro atoms. The zero-order chi connectivity index (χ0) is 18.9. The number of para-hydroxylation sites is 2. The predicted molar refractivity (Wildman–Crippen MR) is 110 cm³/mol. The van der Waals surface area contributed by atoms with Crippen molar-refractivity contribution in [2.24, 2.45) is 0 Å². The van der Waals surface area contributed by atoms with E-state index in [0.717, 1.165) is 21.7 Å². The Bertz CT molecular complexity index is 1020. The Morgan fingerprint density at radius 1 is 0.926 bits per heavy atom. The van der Waals surface area contributed by atoms with Gasteiger partial charge in [-0.3, -0.25) is 9.59 Å². The van der Waals surface area contributed by atoms with Crippen molar-refractivity contribution in [2.75, 3.05) is 10.6 Å². The second-order valence-corrected chi connectivity index (χ2v) is 7.91. The summed E-state index contributed by atoms with van der Waals surface area (Å²) in [4.78, 5) is 26.7. The van der Waals surface area contributed by atoms with Gasteiger partial charge in [-0.2, -0.15) is 0 Å². The number of hydrogen-bond acceptors (Lipinski definition) is 3. The summed E-state index contributed by atoms with van der Waals surface area (Å²) in [6, 6.07) is 24.9. The molecule has 1 unspecified atom stereocenters. The van der Waals surface area contributed by atoms with Gasteiger partial charge in [0.25, 0.3) is 0 Å². The van der Waals surface area contributed by atoms with Crippen molar-refractivity contribution in [3.05, 3.63) is 78.9 Å². The summed E-state index contributed by atoms with van der Waals surface area (Å²) in [6.07, 6.45) is 0. The fourth-order valence-electron chi connectivity index (χ4n) is 3.02. The molecule has 27 heavy (non-hydrogen) atoms. The molecule has 2 amide bonds. The molecule has 1 heterocycles. The maximum absolute atomic E-state index is 13.1. The van der Waals surface area contributed by atoms with Gasteiger partial charge in [0.2, 0.25) is 11.8 Å². The molecule has 0 aliphatic carbocycles. The topological polar surface area (TPSA) is 58.2 Å². The molecular formula is C22H18N2O2S. The molecule has 2 N–H and O–H groups in total. The van der Waals surface area contributed by atoms with Crippen LogP contribution < -0.4 is 10.6 Å². The Morgan fingerprint density at radius 2 is 1.59 bits per heavy atom. The minimum absolute atomic E-state index is 0.319. The molecule has 0 saturated carbocycles. The van der Waals surface area contributed by atoms with Gasteiger partial charge in [-0.25, -0.2) is 0 Å². The van der Waals surface area contributed by atoms with E-state index < -0.39 is 4.75 Å². The Kier molecular flexibility index (Phi) is 4.46. The number of thioether (sulfide) groups is 1. The van der Waals surface area contributed by atoms with Gasteiger partial charge in [0, 0.05) is 16.1 Å². The lowest BCUT2D eigenvalue weighted by atomic mass is 10.0. The molecule has 1 aliphatic heterocycles. The van der Waals surface area contributed by atoms with Crippen molar-refractivity contribution in [3.63, 3.8) is 0 Å². The number of carbonyl (C=O) groups is 2. The number of benzene rings is 3. The average molecular weight is 374 g/mol. The van der Waals surface area contributed by atoms with Gasteiger partial charge in [0.15, 0.2) is 4.75 Å². The summed E-state index contributed by atoms with van der Waals surface area (Å²) in [5.41, 5.74) is 3.34. The van der Waals surface area contributed by atoms with E-state index in [4.69, 9.17) is 0 Å². The molecule has 134 valence electrons. The molecular weight excluding hydrogens is 356 g/mol. The zero-order valence-corrected chi connectivity index (χ0v) is 15.5. The largest absolute Gasteiger partial charge is 0.324 e. The highest BCUT2D eigenvalue weighted by Crippen LogP contribution is 2.43. The normalized spacial score (nSPS) is 18.3.